The van der Waals surface area contributed by atoms with E-state index in [9.17, 15) is 39.3 Å². The zero-order valence-corrected chi connectivity index (χ0v) is 78.5. The Balaban J connectivity index is -0.0000000420. The van der Waals surface area contributed by atoms with Gasteiger partial charge in [0, 0.05) is 331 Å². The Hall–Kier alpha value is -15.8. The molecule has 1 aliphatic carbocycles. The number of aliphatic hydroxyl groups excluding tert-OH is 2. The molecule has 4 rings (SSSR count). The van der Waals surface area contributed by atoms with Gasteiger partial charge in [0.25, 0.3) is 11.7 Å². The number of allylic oxidation sites excluding steroid dienone is 4. The number of methoxy groups -OCH3 is 3. The second-order valence-corrected chi connectivity index (χ2v) is 29.2. The van der Waals surface area contributed by atoms with Crippen LogP contribution in [0.1, 0.15) is 224 Å². The number of aliphatic hydroxyl groups is 3. The Bertz CT molecular complexity index is 6340. The van der Waals surface area contributed by atoms with E-state index in [0.29, 0.717) is 63.0 Å². The minimum Gasteiger partial charge on any atom is -0.463 e. The number of carbonyl (C=O) groups excluding carboxylic acids is 5. The number of nitrogens with zero attached hydrogens (tertiary/aromatic N) is 1. The zero-order valence-electron chi connectivity index (χ0n) is 78.5. The van der Waals surface area contributed by atoms with Gasteiger partial charge in [-0.25, -0.2) is 20.1 Å². The van der Waals surface area contributed by atoms with Crippen molar-refractivity contribution in [2.45, 2.75) is 219 Å². The summed E-state index contributed by atoms with van der Waals surface area (Å²) in [6.45, 7) is 15.6. The number of amides is 1. The third-order valence-electron chi connectivity index (χ3n) is 19.0. The molecule has 6 N–H and O–H groups in total. The smallest absolute Gasteiger partial charge is 0.330 e. The monoisotopic (exact) mass is 1980 g/mol. The maximum Gasteiger partial charge on any atom is 0.330 e. The molecule has 30 nitrogen and oxygen atoms in total. The molecule has 798 valence electrons. The van der Waals surface area contributed by atoms with Crippen LogP contribution in [0.25, 0.3) is 0 Å². The standard InChI is InChI=1S/C55H89NO14.C55H4.H3NO14.42H2/c1-34(2)19-14-12-11-13-17-26-68-49(60)22-18-20-41-28-35(3)27-36(4)29-47(66-9)51-48(67-10)31-38(6)55(64,70-51)52(61)53(62)56-25-16-15-21-42(56)54(63)69-50(39(7)44(58)33-45(41)59)37(5)30-40-23-24-43(57)46(32-40)65-8;1-3-5-7-9-11-13-15-17-19-21-23-25-27-29-31-33-35-37-39-41-43-45-47-49-51-53-55-54-52-50-48-46-44-42-40-38-36-34-32-30-28-26-24-22-20-18-16-14-12-10-8-6-4-2;2-6-10-14-12-8-4-1-5-9-13-15-11-7-3;;;;;;;;;;;;;;;;;;;;;;;;;;;;;;;;;;;;;;;;;;/h18,22,28,30,34,36,38-44,46-48,50-51,57-58,64H,11-17,19-21,23-27,29,31-33H2,1-10H3;1H,2H3;1-3H;42*1H/b22-18+,35-28+,37-30+;;;;;;;;;;;;;;;;;;;;;;;;;;;;;;;;;;;;;;;;;;;;/t36-,38+,39+,40-,41+,42-,43+,44-,46+,47-,48-,50+,51+,55+;;;;;;;;;;;;;;;;;;;;;;;;;;;;;;;;;;;;;;;;;;;;/m0............................................/s1. The van der Waals surface area contributed by atoms with Crippen LogP contribution < -0.4 is 5.64 Å². The summed E-state index contributed by atoms with van der Waals surface area (Å²) in [7, 11) is 4.58. The number of Topliss-reactive ketones (excluding diaryl/α,β-unsaturated/α-hetero) is 2. The van der Waals surface area contributed by atoms with Crippen LogP contribution in [0.5, 0.6) is 0 Å². The quantitative estimate of drug-likeness (QED) is 0.00619. The number of hydrogen-bond donors (Lipinski definition) is 6. The largest absolute Gasteiger partial charge is 0.463 e. The average Bonchev–Trinajstić information content (AvgIpc) is 0.769. The van der Waals surface area contributed by atoms with Gasteiger partial charge < -0.3 is 48.6 Å². The van der Waals surface area contributed by atoms with Crippen LogP contribution in [0.2, 0.25) is 0 Å². The summed E-state index contributed by atoms with van der Waals surface area (Å²) in [5, 5.41) is 82.5. The molecule has 3 aliphatic heterocycles. The third kappa shape index (κ3) is 57.8. The van der Waals surface area contributed by atoms with Crippen LogP contribution in [0.3, 0.4) is 0 Å². The maximum absolute atomic E-state index is 14.5. The van der Waals surface area contributed by atoms with Crippen molar-refractivity contribution in [1.29, 1.82) is 0 Å². The fraction of sp³-hybridized carbons (Fsp3) is 0.409. The summed E-state index contributed by atoms with van der Waals surface area (Å²) < 4.78 is 35.5. The number of cyclic esters (lactones) is 1. The van der Waals surface area contributed by atoms with Gasteiger partial charge in [0.2, 0.25) is 5.79 Å². The number of unbranched alkanes of at least 4 members (excludes halogenated alkanes) is 4. The molecule has 14 atom stereocenters. The molecule has 0 radical (unpaired) electrons. The van der Waals surface area contributed by atoms with Gasteiger partial charge in [-0.2, -0.15) is 0 Å². The summed E-state index contributed by atoms with van der Waals surface area (Å²) in [6.07, 6.45) is 16.6. The first kappa shape index (κ1) is 120. The van der Waals surface area contributed by atoms with E-state index in [1.807, 2.05) is 26.0 Å². The first-order valence-corrected chi connectivity index (χ1v) is 42.6. The molecule has 1 amide bonds. The number of piperidine rings is 1. The lowest BCUT2D eigenvalue weighted by molar-refractivity contribution is -0.816. The van der Waals surface area contributed by atoms with Crippen LogP contribution >= 0.6 is 0 Å². The SMILES string of the molecule is C#CC#CC#CC#CC#CC#CC#CC#CC#CC#CC#CC#CC#CC#CC#CC#CC#CC#CC#CC#CC#CC#CC#CC#CC#CC#CC#CC.CO[C@H]1C[C@@H](C)C/C(C)=C/[C@@H](C/C=C/C(=O)OCCCCCCCC(C)C)C(=O)C[C@H](O)[C@@H](C)[C@@H](/C(C)=C/[C@@H]2CC[C@@H](O)[C@H](OC)C2)OC(=O)[C@@H]2CCCCN2C(=O)C(=O)[C@]2(O)O[C@H]1[C@@H](OC)C[C@H]2C.OOOOOOONOOOOOOO.[HH].[HH].[HH].[HH].[HH].[HH].[HH].[HH].[HH].[HH].[HH].[HH].[HH].[HH].[HH].[HH].[HH].[HH].[HH].[HH].[HH].[HH].[HH].[HH].[HH].[HH].[HH].[HH].[HH].[HH].[HH].[HH].[HH].[HH].[HH].[HH].[HH].[HH].[HH].[HH].[HH].[HH]. The Morgan fingerprint density at radius 2 is 0.950 bits per heavy atom. The predicted octanol–water partition coefficient (Wildman–Crippen LogP) is 17.3. The summed E-state index contributed by atoms with van der Waals surface area (Å²) in [5.74, 6) is 124. The summed E-state index contributed by atoms with van der Waals surface area (Å²) in [5.41, 5.74) is 2.86. The van der Waals surface area contributed by atoms with Crippen molar-refractivity contribution in [1.82, 2.24) is 10.5 Å². The van der Waals surface area contributed by atoms with Crippen molar-refractivity contribution in [3.05, 3.63) is 35.5 Å². The second kappa shape index (κ2) is 80.5. The number of hydrogen-bond acceptors (Lipinski definition) is 29. The fourth-order valence-corrected chi connectivity index (χ4v) is 12.7. The lowest BCUT2D eigenvalue weighted by Gasteiger charge is -2.47. The van der Waals surface area contributed by atoms with E-state index in [0.717, 1.165) is 31.3 Å². The average molecular weight is 1980 g/mol. The van der Waals surface area contributed by atoms with Gasteiger partial charge >= 0.3 is 11.9 Å². The highest BCUT2D eigenvalue weighted by Crippen LogP contribution is 2.40. The first-order valence-electron chi connectivity index (χ1n) is 42.6. The molecule has 0 aromatic rings. The Morgan fingerprint density at radius 3 is 1.37 bits per heavy atom. The second-order valence-electron chi connectivity index (χ2n) is 29.2. The Morgan fingerprint density at radius 1 is 0.536 bits per heavy atom. The molecule has 4 aliphatic rings. The van der Waals surface area contributed by atoms with E-state index in [2.05, 4.69) is 388 Å². The highest BCUT2D eigenvalue weighted by molar-refractivity contribution is 6.39. The molecular weight excluding hydrogens is 1800 g/mol. The molecule has 3 heterocycles. The van der Waals surface area contributed by atoms with Crippen molar-refractivity contribution in [2.75, 3.05) is 34.5 Å². The van der Waals surface area contributed by atoms with E-state index >= 15 is 0 Å². The van der Waals surface area contributed by atoms with Crippen LogP contribution in [-0.4, -0.2) is 149 Å². The number of fused-ring (bicyclic) bond motifs is 3. The first-order chi connectivity index (χ1) is 68.1. The van der Waals surface area contributed by atoms with Gasteiger partial charge in [0.05, 0.1) is 37.1 Å². The van der Waals surface area contributed by atoms with E-state index in [4.69, 9.17) is 45.4 Å². The number of rotatable bonds is 28. The number of nitrogens with one attached hydrogen (secondary N) is 1. The highest BCUT2D eigenvalue weighted by Gasteiger charge is 2.57. The summed E-state index contributed by atoms with van der Waals surface area (Å²) >= 11 is 0. The molecule has 0 unspecified atom stereocenters. The highest BCUT2D eigenvalue weighted by atomic mass is 17.9. The van der Waals surface area contributed by atoms with Crippen LogP contribution in [-0.2, 0) is 113 Å². The molecule has 3 fully saturated rings. The minimum absolute atomic E-state index is 0. The molecule has 0 spiro atoms. The fourth-order valence-electron chi connectivity index (χ4n) is 12.7. The molecule has 0 aromatic carbocycles. The van der Waals surface area contributed by atoms with E-state index < -0.39 is 95.9 Å². The molecule has 30 heteroatoms. The van der Waals surface area contributed by atoms with E-state index in [1.165, 1.54) is 43.7 Å². The van der Waals surface area contributed by atoms with Crippen LogP contribution in [0.4, 0.5) is 0 Å². The third-order valence-corrected chi connectivity index (χ3v) is 19.0. The van der Waals surface area contributed by atoms with Gasteiger partial charge in [-0.3, -0.25) is 14.4 Å². The molecule has 1 saturated carbocycles. The van der Waals surface area contributed by atoms with Crippen molar-refractivity contribution in [3.63, 3.8) is 0 Å². The number of esters is 2. The van der Waals surface area contributed by atoms with Crippen molar-refractivity contribution >= 4 is 29.4 Å². The Labute approximate surface area is 881 Å². The number of terminal acetylenes is 1. The summed E-state index contributed by atoms with van der Waals surface area (Å²) in [4.78, 5) is 79.0. The van der Waals surface area contributed by atoms with E-state index in [-0.39, 0.29) is 110 Å². The van der Waals surface area contributed by atoms with Gasteiger partial charge in [-0.15, -0.1) is 6.42 Å². The summed E-state index contributed by atoms with van der Waals surface area (Å²) in [6, 6.07) is -1.18. The number of ether oxygens (including phenoxy) is 6. The van der Waals surface area contributed by atoms with Crippen molar-refractivity contribution in [2.24, 2.45) is 35.5 Å². The Kier molecular flexibility index (Phi) is 69.1. The number of ketones is 2. The van der Waals surface area contributed by atoms with Crippen LogP contribution in [0.15, 0.2) is 35.5 Å². The van der Waals surface area contributed by atoms with Gasteiger partial charge in [0.15, 0.2) is 0 Å². The van der Waals surface area contributed by atoms with Crippen molar-refractivity contribution in [3.8, 4) is 320 Å². The van der Waals surface area contributed by atoms with Crippen LogP contribution in [0, 0.1) is 356 Å². The zero-order chi connectivity index (χ0) is 102. The molecular formula is C110H180N2O28. The normalized spacial score (nSPS) is 20.6. The van der Waals surface area contributed by atoms with Gasteiger partial charge in [-0.05, 0) is 265 Å². The van der Waals surface area contributed by atoms with Gasteiger partial charge in [-0.1, -0.05) is 106 Å². The molecule has 140 heavy (non-hydrogen) atoms. The van der Waals surface area contributed by atoms with E-state index in [1.54, 1.807) is 40.9 Å². The van der Waals surface area contributed by atoms with Gasteiger partial charge in [0.1, 0.15) is 24.0 Å². The lowest BCUT2D eigenvalue weighted by Crippen LogP contribution is -2.64. The molecule has 0 aromatic heterocycles. The number of carbonyl (C=O) groups is 5. The maximum atomic E-state index is 14.5. The minimum atomic E-state index is -2.55. The topological polar surface area (TPSA) is 368 Å². The lowest BCUT2D eigenvalue weighted by atomic mass is 9.81. The molecule has 2 saturated heterocycles. The predicted molar refractivity (Wildman–Crippen MR) is 592 cm³/mol. The van der Waals surface area contributed by atoms with Crippen molar-refractivity contribution < 1.29 is 199 Å². The molecule has 2 bridgehead atoms.